The molecule has 0 spiro atoms. The molecular formula is C15H18ClN3O2S. The molecule has 0 radical (unpaired) electrons. The molecular weight excluding hydrogens is 322 g/mol. The summed E-state index contributed by atoms with van der Waals surface area (Å²) in [6.45, 7) is 3.24. The molecule has 1 saturated heterocycles. The van der Waals surface area contributed by atoms with Gasteiger partial charge in [-0.05, 0) is 38.3 Å². The number of thiophene rings is 1. The van der Waals surface area contributed by atoms with Crippen LogP contribution in [-0.4, -0.2) is 29.2 Å². The van der Waals surface area contributed by atoms with E-state index in [9.17, 15) is 4.79 Å². The van der Waals surface area contributed by atoms with Crippen molar-refractivity contribution in [3.05, 3.63) is 38.9 Å². The van der Waals surface area contributed by atoms with Crippen LogP contribution in [0.2, 0.25) is 4.34 Å². The highest BCUT2D eigenvalue weighted by molar-refractivity contribution is 7.16. The second kappa shape index (κ2) is 6.71. The number of aromatic nitrogens is 1. The third-order valence-electron chi connectivity index (χ3n) is 3.76. The van der Waals surface area contributed by atoms with E-state index in [0.717, 1.165) is 41.6 Å². The number of carbonyl (C=O) groups excluding carboxylic acids is 1. The number of carbonyl (C=O) groups is 1. The molecule has 2 aromatic heterocycles. The molecule has 1 fully saturated rings. The summed E-state index contributed by atoms with van der Waals surface area (Å²) in [6.07, 6.45) is 2.70. The monoisotopic (exact) mass is 339 g/mol. The summed E-state index contributed by atoms with van der Waals surface area (Å²) in [5.41, 5.74) is 0.844. The Hall–Kier alpha value is -1.53. The molecule has 0 saturated carbocycles. The number of nitrogens with zero attached hydrogens (tertiary/aromatic N) is 2. The molecule has 2 amide bonds. The van der Waals surface area contributed by atoms with Crippen LogP contribution in [0.3, 0.4) is 0 Å². The van der Waals surface area contributed by atoms with Crippen LogP contribution >= 0.6 is 22.9 Å². The Morgan fingerprint density at radius 1 is 1.59 bits per heavy atom. The molecule has 2 aromatic rings. The highest BCUT2D eigenvalue weighted by atomic mass is 35.5. The van der Waals surface area contributed by atoms with Gasteiger partial charge < -0.3 is 14.7 Å². The summed E-state index contributed by atoms with van der Waals surface area (Å²) in [6, 6.07) is 5.74. The van der Waals surface area contributed by atoms with E-state index in [2.05, 4.69) is 10.5 Å². The van der Waals surface area contributed by atoms with E-state index >= 15 is 0 Å². The smallest absolute Gasteiger partial charge is 0.318 e. The Balaban J connectivity index is 1.54. The van der Waals surface area contributed by atoms with E-state index in [1.54, 1.807) is 11.3 Å². The molecule has 0 aliphatic carbocycles. The van der Waals surface area contributed by atoms with Crippen molar-refractivity contribution in [1.82, 2.24) is 15.4 Å². The molecule has 1 N–H and O–H groups in total. The maximum absolute atomic E-state index is 12.4. The maximum Gasteiger partial charge on any atom is 0.318 e. The second-order valence-electron chi connectivity index (χ2n) is 5.41. The lowest BCUT2D eigenvalue weighted by Crippen LogP contribution is -2.40. The molecule has 118 valence electrons. The lowest BCUT2D eigenvalue weighted by molar-refractivity contribution is 0.182. The minimum Gasteiger partial charge on any atom is -0.359 e. The van der Waals surface area contributed by atoms with Gasteiger partial charge in [0, 0.05) is 24.0 Å². The molecule has 22 heavy (non-hydrogen) atoms. The maximum atomic E-state index is 12.4. The normalized spacial score (nSPS) is 17.9. The van der Waals surface area contributed by atoms with Crippen molar-refractivity contribution in [3.8, 4) is 0 Å². The summed E-state index contributed by atoms with van der Waals surface area (Å²) in [7, 11) is 0. The first kappa shape index (κ1) is 15.4. The van der Waals surface area contributed by atoms with E-state index in [4.69, 9.17) is 16.1 Å². The van der Waals surface area contributed by atoms with Crippen LogP contribution in [0.15, 0.2) is 22.7 Å². The lowest BCUT2D eigenvalue weighted by Gasteiger charge is -2.22. The first-order chi connectivity index (χ1) is 10.6. The Bertz CT molecular complexity index is 655. The van der Waals surface area contributed by atoms with Crippen molar-refractivity contribution < 1.29 is 9.32 Å². The third-order valence-corrected chi connectivity index (χ3v) is 5.06. The van der Waals surface area contributed by atoms with Crippen LogP contribution < -0.4 is 5.32 Å². The van der Waals surface area contributed by atoms with Crippen molar-refractivity contribution in [2.75, 3.05) is 13.1 Å². The molecule has 1 atom stereocenters. The van der Waals surface area contributed by atoms with Gasteiger partial charge >= 0.3 is 6.03 Å². The van der Waals surface area contributed by atoms with E-state index in [1.165, 1.54) is 4.88 Å². The lowest BCUT2D eigenvalue weighted by atomic mass is 10.1. The Morgan fingerprint density at radius 3 is 3.14 bits per heavy atom. The number of amides is 2. The number of aryl methyl sites for hydroxylation is 1. The summed E-state index contributed by atoms with van der Waals surface area (Å²) in [5.74, 6) is 0.773. The minimum absolute atomic E-state index is 0.00242. The number of urea groups is 1. The van der Waals surface area contributed by atoms with Crippen molar-refractivity contribution in [2.45, 2.75) is 32.2 Å². The number of likely N-dealkylation sites (tertiary alicyclic amines) is 1. The molecule has 0 bridgehead atoms. The summed E-state index contributed by atoms with van der Waals surface area (Å²) in [5, 5.41) is 6.89. The van der Waals surface area contributed by atoms with E-state index in [1.807, 2.05) is 30.0 Å². The fourth-order valence-electron chi connectivity index (χ4n) is 2.73. The van der Waals surface area contributed by atoms with Crippen LogP contribution in [0.4, 0.5) is 4.79 Å². The number of hydrogen-bond acceptors (Lipinski definition) is 4. The average Bonchev–Trinajstić information content (AvgIpc) is 3.19. The summed E-state index contributed by atoms with van der Waals surface area (Å²) in [4.78, 5) is 15.4. The van der Waals surface area contributed by atoms with E-state index in [-0.39, 0.29) is 12.1 Å². The van der Waals surface area contributed by atoms with Crippen molar-refractivity contribution in [2.24, 2.45) is 0 Å². The predicted octanol–water partition coefficient (Wildman–Crippen LogP) is 3.79. The number of halogens is 1. The molecule has 1 unspecified atom stereocenters. The number of hydrogen-bond donors (Lipinski definition) is 1. The predicted molar refractivity (Wildman–Crippen MR) is 86.4 cm³/mol. The van der Waals surface area contributed by atoms with Gasteiger partial charge in [0.05, 0.1) is 16.1 Å². The SMILES string of the molecule is Cc1cc(C2CCCN2C(=O)NCCc2ccc(Cl)s2)on1. The number of rotatable bonds is 4. The fourth-order valence-corrected chi connectivity index (χ4v) is 3.81. The molecule has 0 aromatic carbocycles. The topological polar surface area (TPSA) is 58.4 Å². The zero-order chi connectivity index (χ0) is 15.5. The molecule has 5 nitrogen and oxygen atoms in total. The van der Waals surface area contributed by atoms with Gasteiger partial charge in [-0.1, -0.05) is 16.8 Å². The van der Waals surface area contributed by atoms with Crippen LogP contribution in [0, 0.1) is 6.92 Å². The third kappa shape index (κ3) is 3.44. The highest BCUT2D eigenvalue weighted by Crippen LogP contribution is 2.32. The summed E-state index contributed by atoms with van der Waals surface area (Å²) < 4.78 is 6.10. The fraction of sp³-hybridized carbons (Fsp3) is 0.467. The van der Waals surface area contributed by atoms with E-state index in [0.29, 0.717) is 6.54 Å². The average molecular weight is 340 g/mol. The Labute approximate surface area is 138 Å². The van der Waals surface area contributed by atoms with Gasteiger partial charge in [-0.25, -0.2) is 4.79 Å². The van der Waals surface area contributed by atoms with Gasteiger partial charge in [-0.15, -0.1) is 11.3 Å². The first-order valence-electron chi connectivity index (χ1n) is 7.35. The van der Waals surface area contributed by atoms with Crippen molar-refractivity contribution >= 4 is 29.0 Å². The van der Waals surface area contributed by atoms with E-state index < -0.39 is 0 Å². The second-order valence-corrected chi connectivity index (χ2v) is 7.21. The van der Waals surface area contributed by atoms with Crippen molar-refractivity contribution in [3.63, 3.8) is 0 Å². The number of nitrogens with one attached hydrogen (secondary N) is 1. The zero-order valence-corrected chi connectivity index (χ0v) is 13.9. The van der Waals surface area contributed by atoms with Gasteiger partial charge in [0.1, 0.15) is 0 Å². The van der Waals surface area contributed by atoms with Gasteiger partial charge in [-0.2, -0.15) is 0 Å². The van der Waals surface area contributed by atoms with Crippen LogP contribution in [0.25, 0.3) is 0 Å². The Morgan fingerprint density at radius 2 is 2.45 bits per heavy atom. The van der Waals surface area contributed by atoms with Crippen LogP contribution in [-0.2, 0) is 6.42 Å². The molecule has 1 aliphatic rings. The van der Waals surface area contributed by atoms with Crippen LogP contribution in [0.5, 0.6) is 0 Å². The minimum atomic E-state index is -0.0424. The van der Waals surface area contributed by atoms with Gasteiger partial charge in [0.15, 0.2) is 5.76 Å². The molecule has 3 heterocycles. The van der Waals surface area contributed by atoms with Crippen LogP contribution in [0.1, 0.15) is 35.2 Å². The van der Waals surface area contributed by atoms with Crippen molar-refractivity contribution in [1.29, 1.82) is 0 Å². The largest absolute Gasteiger partial charge is 0.359 e. The quantitative estimate of drug-likeness (QED) is 0.922. The van der Waals surface area contributed by atoms with Gasteiger partial charge in [0.2, 0.25) is 0 Å². The first-order valence-corrected chi connectivity index (χ1v) is 8.55. The zero-order valence-electron chi connectivity index (χ0n) is 12.3. The standard InChI is InChI=1S/C15H18ClN3O2S/c1-10-9-13(21-18-10)12-3-2-8-19(12)15(20)17-7-6-11-4-5-14(16)22-11/h4-5,9,12H,2-3,6-8H2,1H3,(H,17,20). The molecule has 3 rings (SSSR count). The Kier molecular flexibility index (Phi) is 4.69. The molecule has 7 heteroatoms. The van der Waals surface area contributed by atoms with Gasteiger partial charge in [-0.3, -0.25) is 0 Å². The highest BCUT2D eigenvalue weighted by Gasteiger charge is 2.32. The van der Waals surface area contributed by atoms with Gasteiger partial charge in [0.25, 0.3) is 0 Å². The molecule has 1 aliphatic heterocycles. The summed E-state index contributed by atoms with van der Waals surface area (Å²) >= 11 is 7.45.